The van der Waals surface area contributed by atoms with Gasteiger partial charge in [-0.3, -0.25) is 4.68 Å². The highest BCUT2D eigenvalue weighted by Crippen LogP contribution is 2.36. The van der Waals surface area contributed by atoms with Crippen LogP contribution in [-0.2, 0) is 16.3 Å². The molecule has 0 radical (unpaired) electrons. The summed E-state index contributed by atoms with van der Waals surface area (Å²) < 4.78 is 41.6. The predicted octanol–water partition coefficient (Wildman–Crippen LogP) is 0.114. The molecular weight excluding hydrogens is 193 g/mol. The van der Waals surface area contributed by atoms with E-state index in [0.29, 0.717) is 4.68 Å². The summed E-state index contributed by atoms with van der Waals surface area (Å²) in [7, 11) is -0.881. The Labute approximate surface area is 95.5 Å². The van der Waals surface area contributed by atoms with Crippen LogP contribution in [0.15, 0.2) is 6.17 Å². The third-order valence-electron chi connectivity index (χ3n) is 2.94. The van der Waals surface area contributed by atoms with Gasteiger partial charge in [-0.2, -0.15) is 0 Å². The molecule has 1 aliphatic heterocycles. The van der Waals surface area contributed by atoms with Gasteiger partial charge in [-0.25, -0.2) is 0 Å². The Morgan fingerprint density at radius 1 is 1.40 bits per heavy atom. The van der Waals surface area contributed by atoms with Crippen molar-refractivity contribution in [3.63, 3.8) is 0 Å². The maximum absolute atomic E-state index is 7.82. The second-order valence-electron chi connectivity index (χ2n) is 4.59. The number of aromatic nitrogens is 3. The largest absolute Gasteiger partial charge is 0.518 e. The van der Waals surface area contributed by atoms with Crippen molar-refractivity contribution >= 4 is 12.7 Å². The maximum atomic E-state index is 7.82. The van der Waals surface area contributed by atoms with Crippen LogP contribution >= 0.6 is 0 Å². The lowest BCUT2D eigenvalue weighted by atomic mass is 9.86. The lowest BCUT2D eigenvalue weighted by molar-refractivity contribution is 0.00578. The summed E-state index contributed by atoms with van der Waals surface area (Å²) in [5.74, 6) is 0. The van der Waals surface area contributed by atoms with Gasteiger partial charge in [-0.15, -0.1) is 5.10 Å². The molecule has 1 saturated heterocycles. The van der Waals surface area contributed by atoms with E-state index in [1.54, 1.807) is 0 Å². The van der Waals surface area contributed by atoms with E-state index in [0.717, 1.165) is 0 Å². The number of rotatable bonds is 1. The molecule has 2 heterocycles. The number of hydrogen-bond acceptors (Lipinski definition) is 4. The quantitative estimate of drug-likeness (QED) is 0.621. The van der Waals surface area contributed by atoms with E-state index in [9.17, 15) is 0 Å². The average molecular weight is 213 g/mol. The van der Waals surface area contributed by atoms with Crippen molar-refractivity contribution in [1.82, 2.24) is 15.0 Å². The predicted molar refractivity (Wildman–Crippen MR) is 56.7 cm³/mol. The third-order valence-corrected chi connectivity index (χ3v) is 2.94. The molecule has 0 saturated carbocycles. The normalized spacial score (nSPS) is 28.1. The minimum Gasteiger partial charge on any atom is -0.398 e. The van der Waals surface area contributed by atoms with Gasteiger partial charge in [-0.05, 0) is 27.7 Å². The fourth-order valence-corrected chi connectivity index (χ4v) is 1.30. The summed E-state index contributed by atoms with van der Waals surface area (Å²) >= 11 is 0. The number of aryl methyl sites for hydroxylation is 1. The molecule has 15 heavy (non-hydrogen) atoms. The van der Waals surface area contributed by atoms with Crippen molar-refractivity contribution in [2.45, 2.75) is 38.9 Å². The maximum Gasteiger partial charge on any atom is 0.518 e. The van der Waals surface area contributed by atoms with Gasteiger partial charge in [0.15, 0.2) is 0 Å². The molecule has 0 unspecified atom stereocenters. The zero-order chi connectivity index (χ0) is 14.6. The molecule has 2 rings (SSSR count). The van der Waals surface area contributed by atoms with Gasteiger partial charge in [0.05, 0.1) is 12.6 Å². The fourth-order valence-electron chi connectivity index (χ4n) is 1.30. The molecule has 1 aliphatic rings. The number of hydrogen-bond donors (Lipinski definition) is 0. The first-order valence-corrected chi connectivity index (χ1v) is 4.74. The molecule has 0 aromatic carbocycles. The van der Waals surface area contributed by atoms with E-state index in [-0.39, 0.29) is 11.8 Å². The van der Waals surface area contributed by atoms with Crippen LogP contribution in [0.25, 0.3) is 0 Å². The van der Waals surface area contributed by atoms with Crippen LogP contribution in [0.1, 0.15) is 33.2 Å². The van der Waals surface area contributed by atoms with Crippen LogP contribution in [-0.4, -0.2) is 33.3 Å². The number of nitrogens with zero attached hydrogens (tertiary/aromatic N) is 3. The van der Waals surface area contributed by atoms with Crippen LogP contribution in [0, 0.1) is 0 Å². The summed E-state index contributed by atoms with van der Waals surface area (Å²) in [5, 5.41) is 7.19. The van der Waals surface area contributed by atoms with Crippen LogP contribution in [0.2, 0.25) is 0 Å². The van der Waals surface area contributed by atoms with Crippen LogP contribution in [0.4, 0.5) is 0 Å². The van der Waals surface area contributed by atoms with Crippen LogP contribution < -0.4 is 5.59 Å². The molecule has 1 fully saturated rings. The van der Waals surface area contributed by atoms with E-state index >= 15 is 0 Å². The molecular formula is C9H16BN3O2. The van der Waals surface area contributed by atoms with Crippen molar-refractivity contribution < 1.29 is 14.8 Å². The second-order valence-corrected chi connectivity index (χ2v) is 4.59. The average Bonchev–Trinajstić information content (AvgIpc) is 2.65. The highest BCUT2D eigenvalue weighted by atomic mass is 16.7. The van der Waals surface area contributed by atoms with Gasteiger partial charge in [0.2, 0.25) is 0 Å². The van der Waals surface area contributed by atoms with Gasteiger partial charge < -0.3 is 9.31 Å². The molecule has 5 nitrogen and oxygen atoms in total. The van der Waals surface area contributed by atoms with Crippen LogP contribution in [0.3, 0.4) is 0 Å². The van der Waals surface area contributed by atoms with E-state index in [1.807, 2.05) is 27.7 Å². The van der Waals surface area contributed by atoms with Crippen molar-refractivity contribution in [2.75, 3.05) is 0 Å². The Hall–Kier alpha value is -0.875. The summed E-state index contributed by atoms with van der Waals surface area (Å²) in [6, 6.07) is 0. The molecule has 0 atom stereocenters. The van der Waals surface area contributed by atoms with Gasteiger partial charge >= 0.3 is 7.12 Å². The van der Waals surface area contributed by atoms with Gasteiger partial charge in [-0.1, -0.05) is 5.21 Å². The molecule has 6 heteroatoms. The highest BCUT2D eigenvalue weighted by Gasteiger charge is 2.52. The summed E-state index contributed by atoms with van der Waals surface area (Å²) in [6.07, 6.45) is -0.321. The second kappa shape index (κ2) is 3.06. The zero-order valence-electron chi connectivity index (χ0n) is 13.2. The van der Waals surface area contributed by atoms with Gasteiger partial charge in [0.1, 0.15) is 5.59 Å². The molecule has 0 N–H and O–H groups in total. The Morgan fingerprint density at radius 3 is 2.47 bits per heavy atom. The van der Waals surface area contributed by atoms with Crippen molar-refractivity contribution in [1.29, 1.82) is 0 Å². The van der Waals surface area contributed by atoms with E-state index in [4.69, 9.17) is 14.8 Å². The summed E-state index contributed by atoms with van der Waals surface area (Å²) in [4.78, 5) is 0. The Balaban J connectivity index is 2.34. The molecule has 0 bridgehead atoms. The topological polar surface area (TPSA) is 49.2 Å². The smallest absolute Gasteiger partial charge is 0.398 e. The zero-order valence-corrected chi connectivity index (χ0v) is 9.24. The van der Waals surface area contributed by atoms with Gasteiger partial charge in [0.25, 0.3) is 0 Å². The Morgan fingerprint density at radius 2 is 2.00 bits per heavy atom. The van der Waals surface area contributed by atoms with Crippen LogP contribution in [0.5, 0.6) is 0 Å². The first-order chi connectivity index (χ1) is 8.46. The standard InChI is InChI=1S/C9H16BN3O2/c1-8(2)9(3,4)15-10(14-8)7-6-13(5)12-11-7/h6H,1-5H3/i5D3,6D. The summed E-state index contributed by atoms with van der Waals surface area (Å²) in [6.45, 7) is 4.93. The first kappa shape index (κ1) is 6.65. The third kappa shape index (κ3) is 1.68. The minimum atomic E-state index is -2.54. The molecule has 82 valence electrons. The van der Waals surface area contributed by atoms with Crippen molar-refractivity contribution in [2.24, 2.45) is 6.98 Å². The van der Waals surface area contributed by atoms with E-state index < -0.39 is 25.3 Å². The van der Waals surface area contributed by atoms with E-state index in [1.165, 1.54) is 0 Å². The minimum absolute atomic E-state index is 0.0785. The lowest BCUT2D eigenvalue weighted by Crippen LogP contribution is -2.41. The lowest BCUT2D eigenvalue weighted by Gasteiger charge is -2.32. The summed E-state index contributed by atoms with van der Waals surface area (Å²) in [5.41, 5.74) is -1.07. The SMILES string of the molecule is [2H]c1c(B2OC(C)(C)C(C)(C)O2)nnn1C([2H])([2H])[2H]. The first-order valence-electron chi connectivity index (χ1n) is 6.74. The Kier molecular flexibility index (Phi) is 1.36. The van der Waals surface area contributed by atoms with Crippen molar-refractivity contribution in [3.8, 4) is 0 Å². The molecule has 0 aliphatic carbocycles. The monoisotopic (exact) mass is 213 g/mol. The van der Waals surface area contributed by atoms with Gasteiger partial charge in [0, 0.05) is 17.3 Å². The Bertz CT molecular complexity index is 484. The molecule has 0 spiro atoms. The highest BCUT2D eigenvalue weighted by molar-refractivity contribution is 6.61. The molecule has 1 aromatic heterocycles. The molecule has 1 aromatic rings. The van der Waals surface area contributed by atoms with Crippen molar-refractivity contribution in [3.05, 3.63) is 6.17 Å². The van der Waals surface area contributed by atoms with E-state index in [2.05, 4.69) is 10.3 Å². The molecule has 0 amide bonds. The fraction of sp³-hybridized carbons (Fsp3) is 0.778.